The van der Waals surface area contributed by atoms with Gasteiger partial charge in [0.05, 0.1) is 18.8 Å². The van der Waals surface area contributed by atoms with Gasteiger partial charge in [-0.2, -0.15) is 5.10 Å². The van der Waals surface area contributed by atoms with Gasteiger partial charge < -0.3 is 9.47 Å². The third kappa shape index (κ3) is 4.36. The van der Waals surface area contributed by atoms with E-state index in [2.05, 4.69) is 14.8 Å². The molecule has 1 fully saturated rings. The van der Waals surface area contributed by atoms with Crippen LogP contribution in [0.1, 0.15) is 19.8 Å². The van der Waals surface area contributed by atoms with Crippen LogP contribution in [0.4, 0.5) is 0 Å². The van der Waals surface area contributed by atoms with Gasteiger partial charge in [0, 0.05) is 25.4 Å². The first-order valence-corrected chi connectivity index (χ1v) is 9.78. The molecule has 1 aliphatic rings. The molecule has 1 N–H and O–H groups in total. The van der Waals surface area contributed by atoms with Crippen LogP contribution < -0.4 is 9.46 Å². The number of rotatable bonds is 7. The molecule has 1 saturated heterocycles. The highest BCUT2D eigenvalue weighted by Crippen LogP contribution is 2.18. The van der Waals surface area contributed by atoms with Crippen LogP contribution in [0.2, 0.25) is 0 Å². The minimum absolute atomic E-state index is 0.164. The highest BCUT2D eigenvalue weighted by Gasteiger charge is 2.33. The Morgan fingerprint density at radius 3 is 3.00 bits per heavy atom. The summed E-state index contributed by atoms with van der Waals surface area (Å²) in [4.78, 5) is 4.12. The van der Waals surface area contributed by atoms with Crippen LogP contribution in [0.25, 0.3) is 0 Å². The van der Waals surface area contributed by atoms with Crippen molar-refractivity contribution in [2.75, 3.05) is 13.2 Å². The monoisotopic (exact) mass is 366 g/mol. The molecule has 2 aromatic heterocycles. The van der Waals surface area contributed by atoms with E-state index in [-0.39, 0.29) is 5.03 Å². The van der Waals surface area contributed by atoms with Gasteiger partial charge in [0.2, 0.25) is 5.88 Å². The van der Waals surface area contributed by atoms with Gasteiger partial charge in [-0.25, -0.2) is 18.1 Å². The Labute approximate surface area is 147 Å². The van der Waals surface area contributed by atoms with Crippen molar-refractivity contribution in [3.63, 3.8) is 0 Å². The fourth-order valence-corrected chi connectivity index (χ4v) is 4.17. The smallest absolute Gasteiger partial charge is 0.258 e. The van der Waals surface area contributed by atoms with Crippen molar-refractivity contribution in [2.24, 2.45) is 0 Å². The van der Waals surface area contributed by atoms with Gasteiger partial charge in [-0.15, -0.1) is 0 Å². The molecule has 0 spiro atoms. The Morgan fingerprint density at radius 1 is 1.36 bits per heavy atom. The number of hydrogen-bond donors (Lipinski definition) is 1. The molecule has 9 heteroatoms. The van der Waals surface area contributed by atoms with Crippen molar-refractivity contribution in [3.8, 4) is 5.88 Å². The first-order chi connectivity index (χ1) is 12.1. The second-order valence-electron chi connectivity index (χ2n) is 5.81. The van der Waals surface area contributed by atoms with Crippen molar-refractivity contribution >= 4 is 10.0 Å². The molecule has 2 aromatic rings. The van der Waals surface area contributed by atoms with Crippen molar-refractivity contribution in [1.82, 2.24) is 19.5 Å². The number of hydrogen-bond acceptors (Lipinski definition) is 6. The quantitative estimate of drug-likeness (QED) is 0.791. The van der Waals surface area contributed by atoms with E-state index in [0.29, 0.717) is 32.1 Å². The van der Waals surface area contributed by atoms with Gasteiger partial charge >= 0.3 is 0 Å². The molecule has 3 rings (SSSR count). The summed E-state index contributed by atoms with van der Waals surface area (Å²) >= 11 is 0. The number of aromatic nitrogens is 3. The fraction of sp³-hybridized carbons (Fsp3) is 0.500. The molecule has 0 aromatic carbocycles. The van der Waals surface area contributed by atoms with E-state index in [0.717, 1.165) is 6.42 Å². The Morgan fingerprint density at radius 2 is 2.24 bits per heavy atom. The Balaban J connectivity index is 1.75. The van der Waals surface area contributed by atoms with Gasteiger partial charge in [0.1, 0.15) is 6.10 Å². The lowest BCUT2D eigenvalue weighted by Gasteiger charge is -2.31. The summed E-state index contributed by atoms with van der Waals surface area (Å²) in [5, 5.41) is 4.25. The molecular formula is C16H22N4O4S. The first-order valence-electron chi connectivity index (χ1n) is 8.29. The summed E-state index contributed by atoms with van der Waals surface area (Å²) in [5.41, 5.74) is 0. The minimum atomic E-state index is -3.70. The maximum Gasteiger partial charge on any atom is 0.258 e. The summed E-state index contributed by atoms with van der Waals surface area (Å²) in [5.74, 6) is 0.443. The molecule has 0 amide bonds. The SMILES string of the molecule is CCCn1nccc1S(=O)(=O)N[C@H]1CCOC[C@@H]1Oc1ccccn1. The Hall–Kier alpha value is -1.97. The molecule has 3 heterocycles. The van der Waals surface area contributed by atoms with E-state index in [1.165, 1.54) is 16.9 Å². The number of aryl methyl sites for hydroxylation is 1. The standard InChI is InChI=1S/C16H22N4O4S/c1-2-10-20-16(6-9-18-20)25(21,22)19-13-7-11-23-12-14(13)24-15-5-3-4-8-17-15/h3-6,8-9,13-14,19H,2,7,10-12H2,1H3/t13-,14-/m0/s1. The molecular weight excluding hydrogens is 344 g/mol. The van der Waals surface area contributed by atoms with E-state index < -0.39 is 22.2 Å². The van der Waals surface area contributed by atoms with Crippen molar-refractivity contribution in [3.05, 3.63) is 36.7 Å². The lowest BCUT2D eigenvalue weighted by atomic mass is 10.1. The van der Waals surface area contributed by atoms with Crippen molar-refractivity contribution in [2.45, 2.75) is 43.5 Å². The largest absolute Gasteiger partial charge is 0.470 e. The second kappa shape index (κ2) is 7.94. The fourth-order valence-electron chi connectivity index (χ4n) is 2.72. The molecule has 0 unspecified atom stereocenters. The molecule has 25 heavy (non-hydrogen) atoms. The van der Waals surface area contributed by atoms with E-state index in [9.17, 15) is 8.42 Å². The summed E-state index contributed by atoms with van der Waals surface area (Å²) in [7, 11) is -3.70. The molecule has 136 valence electrons. The van der Waals surface area contributed by atoms with Gasteiger partial charge in [-0.1, -0.05) is 13.0 Å². The third-order valence-corrected chi connectivity index (χ3v) is 5.42. The maximum atomic E-state index is 12.8. The maximum absolute atomic E-state index is 12.8. The molecule has 1 aliphatic heterocycles. The average Bonchev–Trinajstić information content (AvgIpc) is 3.07. The normalized spacial score (nSPS) is 21.2. The topological polar surface area (TPSA) is 95.3 Å². The van der Waals surface area contributed by atoms with Crippen LogP contribution in [-0.4, -0.2) is 48.5 Å². The van der Waals surface area contributed by atoms with E-state index in [1.54, 1.807) is 18.3 Å². The molecule has 0 aliphatic carbocycles. The lowest BCUT2D eigenvalue weighted by Crippen LogP contribution is -2.51. The predicted molar refractivity (Wildman–Crippen MR) is 90.7 cm³/mol. The zero-order valence-electron chi connectivity index (χ0n) is 14.0. The zero-order chi connectivity index (χ0) is 17.7. The van der Waals surface area contributed by atoms with Crippen LogP contribution in [-0.2, 0) is 21.3 Å². The van der Waals surface area contributed by atoms with Crippen LogP contribution in [0, 0.1) is 0 Å². The number of ether oxygens (including phenoxy) is 2. The molecule has 8 nitrogen and oxygen atoms in total. The number of sulfonamides is 1. The third-order valence-electron chi connectivity index (χ3n) is 3.91. The van der Waals surface area contributed by atoms with Gasteiger partial charge in [0.25, 0.3) is 10.0 Å². The van der Waals surface area contributed by atoms with Gasteiger partial charge in [-0.3, -0.25) is 4.68 Å². The van der Waals surface area contributed by atoms with Gasteiger partial charge in [-0.05, 0) is 25.0 Å². The Kier molecular flexibility index (Phi) is 5.67. The van der Waals surface area contributed by atoms with Crippen LogP contribution in [0.5, 0.6) is 5.88 Å². The predicted octanol–water partition coefficient (Wildman–Crippen LogP) is 1.20. The highest BCUT2D eigenvalue weighted by molar-refractivity contribution is 7.89. The summed E-state index contributed by atoms with van der Waals surface area (Å²) in [6, 6.07) is 6.45. The zero-order valence-corrected chi connectivity index (χ0v) is 14.9. The highest BCUT2D eigenvalue weighted by atomic mass is 32.2. The van der Waals surface area contributed by atoms with Crippen molar-refractivity contribution < 1.29 is 17.9 Å². The summed E-state index contributed by atoms with van der Waals surface area (Å²) in [6.07, 6.45) is 4.00. The van der Waals surface area contributed by atoms with Crippen LogP contribution in [0.15, 0.2) is 41.7 Å². The van der Waals surface area contributed by atoms with Crippen LogP contribution in [0.3, 0.4) is 0 Å². The lowest BCUT2D eigenvalue weighted by molar-refractivity contribution is -0.0111. The number of pyridine rings is 1. The minimum Gasteiger partial charge on any atom is -0.470 e. The second-order valence-corrected chi connectivity index (χ2v) is 7.47. The molecule has 0 saturated carbocycles. The van der Waals surface area contributed by atoms with E-state index in [1.807, 2.05) is 13.0 Å². The van der Waals surface area contributed by atoms with E-state index in [4.69, 9.17) is 9.47 Å². The Bertz CT molecular complexity index is 778. The number of nitrogens with zero attached hydrogens (tertiary/aromatic N) is 3. The number of nitrogens with one attached hydrogen (secondary N) is 1. The average molecular weight is 366 g/mol. The summed E-state index contributed by atoms with van der Waals surface area (Å²) < 4.78 is 41.1. The van der Waals surface area contributed by atoms with Crippen LogP contribution >= 0.6 is 0 Å². The van der Waals surface area contributed by atoms with E-state index >= 15 is 0 Å². The molecule has 2 atom stereocenters. The molecule has 0 radical (unpaired) electrons. The van der Waals surface area contributed by atoms with Crippen molar-refractivity contribution in [1.29, 1.82) is 0 Å². The summed E-state index contributed by atoms with van der Waals surface area (Å²) in [6.45, 7) is 3.30. The first kappa shape index (κ1) is 17.8. The van der Waals surface area contributed by atoms with Gasteiger partial charge in [0.15, 0.2) is 5.03 Å². The molecule has 0 bridgehead atoms.